The molecule has 2 aliphatic rings. The van der Waals surface area contributed by atoms with Crippen molar-refractivity contribution in [1.29, 1.82) is 0 Å². The molecule has 0 heteroatoms. The van der Waals surface area contributed by atoms with E-state index in [1.165, 1.54) is 36.8 Å². The second-order valence-electron chi connectivity index (χ2n) is 5.95. The molecule has 78 valence electrons. The Hall–Kier alpha value is -0.520. The van der Waals surface area contributed by atoms with Crippen molar-refractivity contribution in [3.63, 3.8) is 0 Å². The third-order valence-electron chi connectivity index (χ3n) is 4.25. The second-order valence-corrected chi connectivity index (χ2v) is 5.95. The van der Waals surface area contributed by atoms with Gasteiger partial charge in [-0.25, -0.2) is 0 Å². The number of hydrogen-bond donors (Lipinski definition) is 0. The molecule has 0 radical (unpaired) electrons. The summed E-state index contributed by atoms with van der Waals surface area (Å²) in [5, 5.41) is 0. The van der Waals surface area contributed by atoms with Crippen molar-refractivity contribution in [2.24, 2.45) is 17.3 Å². The summed E-state index contributed by atoms with van der Waals surface area (Å²) >= 11 is 0. The van der Waals surface area contributed by atoms with Gasteiger partial charge in [-0.05, 0) is 49.4 Å². The minimum absolute atomic E-state index is 0.547. The molecule has 0 bridgehead atoms. The molecule has 0 aliphatic heterocycles. The quantitative estimate of drug-likeness (QED) is 0.499. The second kappa shape index (κ2) is 3.25. The summed E-state index contributed by atoms with van der Waals surface area (Å²) < 4.78 is 0. The van der Waals surface area contributed by atoms with E-state index in [2.05, 4.69) is 27.0 Å². The van der Waals surface area contributed by atoms with Crippen molar-refractivity contribution in [2.45, 2.75) is 46.0 Å². The largest absolute Gasteiger partial charge is 0.0992 e. The van der Waals surface area contributed by atoms with Crippen LogP contribution in [0.5, 0.6) is 0 Å². The van der Waals surface area contributed by atoms with Gasteiger partial charge in [-0.1, -0.05) is 38.2 Å². The first-order valence-electron chi connectivity index (χ1n) is 5.85. The highest BCUT2D eigenvalue weighted by molar-refractivity contribution is 5.26. The van der Waals surface area contributed by atoms with Crippen LogP contribution in [-0.4, -0.2) is 0 Å². The molecule has 0 aromatic rings. The fraction of sp³-hybridized carbons (Fsp3) is 0.714. The molecule has 0 amide bonds. The van der Waals surface area contributed by atoms with Gasteiger partial charge in [0, 0.05) is 0 Å². The average molecular weight is 190 g/mol. The molecule has 0 nitrogen and oxygen atoms in total. The van der Waals surface area contributed by atoms with Crippen LogP contribution in [0.4, 0.5) is 0 Å². The van der Waals surface area contributed by atoms with E-state index in [4.69, 9.17) is 0 Å². The first-order valence-corrected chi connectivity index (χ1v) is 5.85. The van der Waals surface area contributed by atoms with Crippen molar-refractivity contribution in [1.82, 2.24) is 0 Å². The summed E-state index contributed by atoms with van der Waals surface area (Å²) in [6.07, 6.45) is 6.52. The molecule has 2 saturated carbocycles. The molecule has 0 heterocycles. The van der Waals surface area contributed by atoms with E-state index in [0.29, 0.717) is 5.41 Å². The van der Waals surface area contributed by atoms with Gasteiger partial charge in [-0.2, -0.15) is 0 Å². The molecular weight excluding hydrogens is 168 g/mol. The van der Waals surface area contributed by atoms with Crippen LogP contribution in [0.1, 0.15) is 46.0 Å². The Kier molecular flexibility index (Phi) is 2.33. The maximum absolute atomic E-state index is 4.22. The first kappa shape index (κ1) is 10.0. The first-order chi connectivity index (χ1) is 6.49. The van der Waals surface area contributed by atoms with Crippen LogP contribution < -0.4 is 0 Å². The average Bonchev–Trinajstić information content (AvgIpc) is 2.26. The van der Waals surface area contributed by atoms with Gasteiger partial charge in [-0.3, -0.25) is 0 Å². The standard InChI is InChI=1S/C14H22/c1-10-9-11(2)13-6-8-14(3,4)7-5-12(10)13/h12-13H,1-2,5-9H2,3-4H3. The molecule has 2 fully saturated rings. The monoisotopic (exact) mass is 190 g/mol. The van der Waals surface area contributed by atoms with Crippen LogP contribution in [-0.2, 0) is 0 Å². The molecule has 0 spiro atoms. The van der Waals surface area contributed by atoms with Crippen LogP contribution in [0.25, 0.3) is 0 Å². The topological polar surface area (TPSA) is 0 Å². The van der Waals surface area contributed by atoms with Gasteiger partial charge in [0.25, 0.3) is 0 Å². The summed E-state index contributed by atoms with van der Waals surface area (Å²) in [4.78, 5) is 0. The maximum Gasteiger partial charge on any atom is -0.0108 e. The molecule has 0 aromatic heterocycles. The van der Waals surface area contributed by atoms with E-state index in [-0.39, 0.29) is 0 Å². The number of hydrogen-bond acceptors (Lipinski definition) is 0. The Balaban J connectivity index is 2.17. The minimum Gasteiger partial charge on any atom is -0.0992 e. The lowest BCUT2D eigenvalue weighted by Crippen LogP contribution is -2.09. The highest BCUT2D eigenvalue weighted by Crippen LogP contribution is 2.49. The lowest BCUT2D eigenvalue weighted by atomic mass is 9.84. The summed E-state index contributed by atoms with van der Waals surface area (Å²) in [7, 11) is 0. The van der Waals surface area contributed by atoms with Gasteiger partial charge in [0.2, 0.25) is 0 Å². The van der Waals surface area contributed by atoms with Crippen molar-refractivity contribution in [3.8, 4) is 0 Å². The normalized spacial score (nSPS) is 36.7. The minimum atomic E-state index is 0.547. The zero-order valence-electron chi connectivity index (χ0n) is 9.60. The molecule has 14 heavy (non-hydrogen) atoms. The van der Waals surface area contributed by atoms with Gasteiger partial charge >= 0.3 is 0 Å². The summed E-state index contributed by atoms with van der Waals surface area (Å²) in [6, 6.07) is 0. The number of rotatable bonds is 0. The third-order valence-corrected chi connectivity index (χ3v) is 4.25. The summed E-state index contributed by atoms with van der Waals surface area (Å²) in [5.74, 6) is 1.54. The van der Waals surface area contributed by atoms with Crippen molar-refractivity contribution >= 4 is 0 Å². The molecule has 2 atom stereocenters. The molecule has 2 unspecified atom stereocenters. The molecule has 2 aliphatic carbocycles. The fourth-order valence-corrected chi connectivity index (χ4v) is 3.15. The maximum atomic E-state index is 4.22. The van der Waals surface area contributed by atoms with Crippen LogP contribution in [0.15, 0.2) is 24.3 Å². The van der Waals surface area contributed by atoms with Gasteiger partial charge in [-0.15, -0.1) is 0 Å². The molecular formula is C14H22. The lowest BCUT2D eigenvalue weighted by molar-refractivity contribution is 0.309. The molecule has 0 N–H and O–H groups in total. The molecule has 0 aromatic carbocycles. The highest BCUT2D eigenvalue weighted by atomic mass is 14.4. The SMILES string of the molecule is C=C1CC(=C)C2CCC(C)(C)CCC12. The highest BCUT2D eigenvalue weighted by Gasteiger charge is 2.37. The van der Waals surface area contributed by atoms with Crippen LogP contribution in [0.3, 0.4) is 0 Å². The van der Waals surface area contributed by atoms with E-state index in [9.17, 15) is 0 Å². The predicted octanol–water partition coefficient (Wildman–Crippen LogP) is 4.34. The van der Waals surface area contributed by atoms with Gasteiger partial charge in [0.15, 0.2) is 0 Å². The smallest absolute Gasteiger partial charge is 0.0108 e. The lowest BCUT2D eigenvalue weighted by Gasteiger charge is -2.22. The Morgan fingerprint density at radius 2 is 1.43 bits per heavy atom. The Bertz CT molecular complexity index is 244. The number of allylic oxidation sites excluding steroid dienone is 2. The van der Waals surface area contributed by atoms with Crippen molar-refractivity contribution in [3.05, 3.63) is 24.3 Å². The van der Waals surface area contributed by atoms with Gasteiger partial charge in [0.05, 0.1) is 0 Å². The Morgan fingerprint density at radius 1 is 1.00 bits per heavy atom. The van der Waals surface area contributed by atoms with Crippen LogP contribution >= 0.6 is 0 Å². The number of fused-ring (bicyclic) bond motifs is 1. The predicted molar refractivity (Wildman–Crippen MR) is 62.1 cm³/mol. The van der Waals surface area contributed by atoms with Crippen LogP contribution in [0.2, 0.25) is 0 Å². The van der Waals surface area contributed by atoms with E-state index >= 15 is 0 Å². The van der Waals surface area contributed by atoms with Crippen molar-refractivity contribution in [2.75, 3.05) is 0 Å². The van der Waals surface area contributed by atoms with E-state index < -0.39 is 0 Å². The van der Waals surface area contributed by atoms with E-state index in [1.54, 1.807) is 0 Å². The Labute approximate surface area is 88.1 Å². The van der Waals surface area contributed by atoms with E-state index in [1.807, 2.05) is 0 Å². The summed E-state index contributed by atoms with van der Waals surface area (Å²) in [5.41, 5.74) is 3.46. The zero-order chi connectivity index (χ0) is 10.3. The van der Waals surface area contributed by atoms with Gasteiger partial charge in [0.1, 0.15) is 0 Å². The third kappa shape index (κ3) is 1.67. The summed E-state index contributed by atoms with van der Waals surface area (Å²) in [6.45, 7) is 13.2. The van der Waals surface area contributed by atoms with E-state index in [0.717, 1.165) is 18.3 Å². The Morgan fingerprint density at radius 3 is 1.86 bits per heavy atom. The van der Waals surface area contributed by atoms with Gasteiger partial charge < -0.3 is 0 Å². The van der Waals surface area contributed by atoms with Crippen LogP contribution in [0, 0.1) is 17.3 Å². The zero-order valence-corrected chi connectivity index (χ0v) is 9.60. The van der Waals surface area contributed by atoms with Crippen molar-refractivity contribution < 1.29 is 0 Å². The molecule has 2 rings (SSSR count). The molecule has 0 saturated heterocycles. The fourth-order valence-electron chi connectivity index (χ4n) is 3.15.